The van der Waals surface area contributed by atoms with Gasteiger partial charge in [0.05, 0.1) is 15.3 Å². The van der Waals surface area contributed by atoms with Crippen molar-refractivity contribution in [3.8, 4) is 0 Å². The zero-order valence-corrected chi connectivity index (χ0v) is 16.1. The SMILES string of the molecule is CC(C)(C)OC=S.CC1N(C)CC12CC(OSI)C2. The summed E-state index contributed by atoms with van der Waals surface area (Å²) in [7, 11) is 3.68. The summed E-state index contributed by atoms with van der Waals surface area (Å²) in [4.78, 5) is 2.42. The maximum Gasteiger partial charge on any atom is 0.147 e. The topological polar surface area (TPSA) is 21.7 Å². The molecule has 1 saturated heterocycles. The fourth-order valence-corrected chi connectivity index (χ4v) is 4.11. The van der Waals surface area contributed by atoms with E-state index in [4.69, 9.17) is 8.92 Å². The second-order valence-corrected chi connectivity index (χ2v) is 8.06. The van der Waals surface area contributed by atoms with Crippen molar-refractivity contribution in [2.24, 2.45) is 5.41 Å². The lowest BCUT2D eigenvalue weighted by Gasteiger charge is -2.62. The van der Waals surface area contributed by atoms with Crippen LogP contribution in [-0.2, 0) is 8.92 Å². The molecule has 2 fully saturated rings. The summed E-state index contributed by atoms with van der Waals surface area (Å²) < 4.78 is 10.4. The normalized spacial score (nSPS) is 33.8. The standard InChI is InChI=1S/C8H14INOS.C5H10OS/c1-6-8(5-10(6)2)3-7(4-8)11-12-9;1-5(2,3)6-4-7/h6-7H,3-5H2,1-2H3;4H,1-3H3. The zero-order valence-electron chi connectivity index (χ0n) is 12.3. The van der Waals surface area contributed by atoms with Gasteiger partial charge in [0.25, 0.3) is 0 Å². The Bertz CT molecular complexity index is 304. The van der Waals surface area contributed by atoms with Crippen LogP contribution in [0.25, 0.3) is 0 Å². The minimum Gasteiger partial charge on any atom is -0.484 e. The van der Waals surface area contributed by atoms with E-state index in [1.807, 2.05) is 20.8 Å². The molecule has 2 aliphatic rings. The van der Waals surface area contributed by atoms with E-state index < -0.39 is 0 Å². The molecule has 1 aliphatic carbocycles. The fourth-order valence-electron chi connectivity index (χ4n) is 2.70. The highest BCUT2D eigenvalue weighted by Crippen LogP contribution is 2.54. The van der Waals surface area contributed by atoms with E-state index in [1.165, 1.54) is 34.2 Å². The van der Waals surface area contributed by atoms with Crippen LogP contribution < -0.4 is 0 Å². The molecule has 19 heavy (non-hydrogen) atoms. The summed E-state index contributed by atoms with van der Waals surface area (Å²) in [5.41, 5.74) is 1.81. The van der Waals surface area contributed by atoms with Gasteiger partial charge in [0.1, 0.15) is 11.2 Å². The molecule has 1 aliphatic heterocycles. The van der Waals surface area contributed by atoms with Crippen molar-refractivity contribution in [1.29, 1.82) is 0 Å². The number of likely N-dealkylation sites (tertiary alicyclic amines) is 1. The summed E-state index contributed by atoms with van der Waals surface area (Å²) in [6, 6.07) is 0.775. The van der Waals surface area contributed by atoms with E-state index in [9.17, 15) is 0 Å². The quantitative estimate of drug-likeness (QED) is 0.388. The molecule has 0 radical (unpaired) electrons. The minimum absolute atomic E-state index is 0.109. The lowest BCUT2D eigenvalue weighted by atomic mass is 9.57. The Kier molecular flexibility index (Phi) is 6.84. The van der Waals surface area contributed by atoms with Crippen LogP contribution >= 0.6 is 42.6 Å². The molecule has 0 aromatic rings. The van der Waals surface area contributed by atoms with E-state index in [0.717, 1.165) is 6.04 Å². The van der Waals surface area contributed by atoms with Gasteiger partial charge >= 0.3 is 0 Å². The van der Waals surface area contributed by atoms with E-state index in [2.05, 4.69) is 52.3 Å². The first-order chi connectivity index (χ1) is 8.74. The highest BCUT2D eigenvalue weighted by atomic mass is 127. The van der Waals surface area contributed by atoms with E-state index >= 15 is 0 Å². The molecule has 0 amide bonds. The first-order valence-corrected chi connectivity index (χ1v) is 10.3. The summed E-state index contributed by atoms with van der Waals surface area (Å²) in [5, 5.41) is 0. The number of ether oxygens (including phenoxy) is 1. The zero-order chi connectivity index (χ0) is 14.7. The van der Waals surface area contributed by atoms with E-state index in [-0.39, 0.29) is 5.60 Å². The predicted molar refractivity (Wildman–Crippen MR) is 94.7 cm³/mol. The molecule has 2 rings (SSSR count). The van der Waals surface area contributed by atoms with Gasteiger partial charge < -0.3 is 13.8 Å². The van der Waals surface area contributed by atoms with Gasteiger partial charge in [-0.2, -0.15) is 0 Å². The summed E-state index contributed by atoms with van der Waals surface area (Å²) in [6.07, 6.45) is 3.08. The van der Waals surface area contributed by atoms with Crippen molar-refractivity contribution in [3.05, 3.63) is 0 Å². The molecule has 1 atom stereocenters. The molecule has 0 N–H and O–H groups in total. The Balaban J connectivity index is 0.000000224. The van der Waals surface area contributed by atoms with Gasteiger partial charge in [-0.05, 0) is 59.8 Å². The molecule has 1 heterocycles. The molecule has 1 spiro atoms. The second-order valence-electron chi connectivity index (χ2n) is 6.47. The number of hydrogen-bond donors (Lipinski definition) is 0. The first kappa shape index (κ1) is 17.9. The van der Waals surface area contributed by atoms with Crippen LogP contribution in [0, 0.1) is 5.41 Å². The molecule has 0 bridgehead atoms. The van der Waals surface area contributed by atoms with Gasteiger partial charge in [0.15, 0.2) is 0 Å². The van der Waals surface area contributed by atoms with Crippen molar-refractivity contribution < 1.29 is 8.92 Å². The minimum atomic E-state index is -0.109. The smallest absolute Gasteiger partial charge is 0.147 e. The van der Waals surface area contributed by atoms with Crippen molar-refractivity contribution >= 4 is 48.2 Å². The Morgan fingerprint density at radius 3 is 2.26 bits per heavy atom. The van der Waals surface area contributed by atoms with Crippen molar-refractivity contribution in [2.75, 3.05) is 13.6 Å². The predicted octanol–water partition coefficient (Wildman–Crippen LogP) is 4.24. The van der Waals surface area contributed by atoms with Gasteiger partial charge in [-0.3, -0.25) is 0 Å². The largest absolute Gasteiger partial charge is 0.484 e. The Morgan fingerprint density at radius 1 is 1.42 bits per heavy atom. The van der Waals surface area contributed by atoms with Crippen LogP contribution in [0.3, 0.4) is 0 Å². The van der Waals surface area contributed by atoms with Crippen molar-refractivity contribution in [3.63, 3.8) is 0 Å². The average molecular weight is 417 g/mol. The van der Waals surface area contributed by atoms with Crippen molar-refractivity contribution in [1.82, 2.24) is 4.90 Å². The molecule has 6 heteroatoms. The Labute approximate surface area is 138 Å². The number of thiocarbonyl (C=S) groups is 1. The molecular formula is C13H24INO2S2. The van der Waals surface area contributed by atoms with Gasteiger partial charge in [0.2, 0.25) is 0 Å². The summed E-state index contributed by atoms with van der Waals surface area (Å²) in [5.74, 6) is 0. The third-order valence-electron chi connectivity index (χ3n) is 3.95. The van der Waals surface area contributed by atoms with Gasteiger partial charge in [-0.1, -0.05) is 0 Å². The highest BCUT2D eigenvalue weighted by Gasteiger charge is 2.56. The summed E-state index contributed by atoms with van der Waals surface area (Å²) in [6.45, 7) is 9.47. The molecule has 0 aromatic heterocycles. The fraction of sp³-hybridized carbons (Fsp3) is 0.923. The third-order valence-corrected chi connectivity index (χ3v) is 5.02. The molecule has 1 unspecified atom stereocenters. The molecule has 3 nitrogen and oxygen atoms in total. The number of rotatable bonds is 3. The second kappa shape index (κ2) is 7.24. The van der Waals surface area contributed by atoms with Gasteiger partial charge in [0, 0.05) is 39.2 Å². The monoisotopic (exact) mass is 417 g/mol. The number of nitrogens with zero attached hydrogens (tertiary/aromatic N) is 1. The number of halogens is 1. The van der Waals surface area contributed by atoms with Crippen LogP contribution in [0.2, 0.25) is 0 Å². The average Bonchev–Trinajstić information content (AvgIpc) is 2.25. The highest BCUT2D eigenvalue weighted by molar-refractivity contribution is 14.2. The lowest BCUT2D eigenvalue weighted by Crippen LogP contribution is -2.68. The molecule has 112 valence electrons. The Morgan fingerprint density at radius 2 is 2.00 bits per heavy atom. The van der Waals surface area contributed by atoms with Crippen LogP contribution in [0.1, 0.15) is 40.5 Å². The van der Waals surface area contributed by atoms with E-state index in [1.54, 1.807) is 0 Å². The van der Waals surface area contributed by atoms with Gasteiger partial charge in [-0.15, -0.1) is 0 Å². The number of hydrogen-bond acceptors (Lipinski definition) is 5. The molecular weight excluding hydrogens is 393 g/mol. The van der Waals surface area contributed by atoms with Crippen LogP contribution in [0.15, 0.2) is 0 Å². The van der Waals surface area contributed by atoms with Crippen molar-refractivity contribution in [2.45, 2.75) is 58.3 Å². The summed E-state index contributed by atoms with van der Waals surface area (Å²) >= 11 is 6.65. The first-order valence-electron chi connectivity index (χ1n) is 6.50. The maximum absolute atomic E-state index is 5.48. The molecule has 0 aromatic carbocycles. The maximum atomic E-state index is 5.48. The van der Waals surface area contributed by atoms with Crippen LogP contribution in [-0.4, -0.2) is 41.8 Å². The van der Waals surface area contributed by atoms with Crippen LogP contribution in [0.4, 0.5) is 0 Å². The van der Waals surface area contributed by atoms with Gasteiger partial charge in [-0.25, -0.2) is 0 Å². The van der Waals surface area contributed by atoms with E-state index in [0.29, 0.717) is 11.5 Å². The third kappa shape index (κ3) is 4.98. The van der Waals surface area contributed by atoms with Crippen LogP contribution in [0.5, 0.6) is 0 Å². The molecule has 1 saturated carbocycles. The lowest BCUT2D eigenvalue weighted by molar-refractivity contribution is -0.147. The Hall–Kier alpha value is 0.890.